The van der Waals surface area contributed by atoms with Crippen molar-refractivity contribution in [3.8, 4) is 0 Å². The zero-order chi connectivity index (χ0) is 32.2. The third-order valence-corrected chi connectivity index (χ3v) is 8.85. The molecule has 0 bridgehead atoms. The number of halogens is 1. The maximum Gasteiger partial charge on any atom is 0.317 e. The number of hydrogen-bond acceptors (Lipinski definition) is 7. The summed E-state index contributed by atoms with van der Waals surface area (Å²) in [7, 11) is -4.22. The van der Waals surface area contributed by atoms with Crippen molar-refractivity contribution < 1.29 is 22.3 Å². The molecule has 1 aliphatic carbocycles. The summed E-state index contributed by atoms with van der Waals surface area (Å²) in [5, 5.41) is 2.89. The Morgan fingerprint density at radius 1 is 0.889 bits per heavy atom. The second kappa shape index (κ2) is 13.3. The molecule has 230 valence electrons. The molecule has 0 aromatic heterocycles. The van der Waals surface area contributed by atoms with Crippen LogP contribution in [0.3, 0.4) is 0 Å². The average Bonchev–Trinajstić information content (AvgIpc) is 3.01. The summed E-state index contributed by atoms with van der Waals surface area (Å²) in [6, 6.07) is 28.8. The minimum Gasteiger partial charge on any atom is -0.324 e. The molecular weight excluding hydrogens is 654 g/mol. The zero-order valence-corrected chi connectivity index (χ0v) is 27.4. The predicted molar refractivity (Wildman–Crippen MR) is 179 cm³/mol. The van der Waals surface area contributed by atoms with Gasteiger partial charge in [0.15, 0.2) is 0 Å². The minimum atomic E-state index is -4.22. The third-order valence-electron chi connectivity index (χ3n) is 7.21. The molecule has 2 N–H and O–H groups in total. The molecule has 10 heteroatoms. The first-order valence-corrected chi connectivity index (χ1v) is 16.4. The van der Waals surface area contributed by atoms with Crippen LogP contribution in [0.25, 0.3) is 5.70 Å². The summed E-state index contributed by atoms with van der Waals surface area (Å²) in [6.45, 7) is 6.12. The van der Waals surface area contributed by atoms with Crippen LogP contribution in [-0.4, -0.2) is 31.9 Å². The number of benzene rings is 4. The highest BCUT2D eigenvalue weighted by Crippen LogP contribution is 2.27. The maximum atomic E-state index is 13.6. The van der Waals surface area contributed by atoms with Crippen LogP contribution in [0.15, 0.2) is 124 Å². The van der Waals surface area contributed by atoms with E-state index in [0.717, 1.165) is 15.6 Å². The van der Waals surface area contributed by atoms with Gasteiger partial charge >= 0.3 is 10.1 Å². The van der Waals surface area contributed by atoms with E-state index in [0.29, 0.717) is 16.8 Å². The van der Waals surface area contributed by atoms with E-state index in [2.05, 4.69) is 31.7 Å². The topological polar surface area (TPSA) is 114 Å². The lowest BCUT2D eigenvalue weighted by Gasteiger charge is -2.21. The third kappa shape index (κ3) is 7.83. The molecule has 0 fully saturated rings. The van der Waals surface area contributed by atoms with Crippen LogP contribution in [0.1, 0.15) is 47.8 Å². The Balaban J connectivity index is 1.47. The normalized spacial score (nSPS) is 14.8. The number of anilines is 1. The zero-order valence-electron chi connectivity index (χ0n) is 25.0. The molecule has 0 heterocycles. The molecule has 45 heavy (non-hydrogen) atoms. The number of Topliss-reactive ketones (excluding diaryl/α,β-unsaturated/α-hetero) is 1. The fraction of sp³-hybridized carbons (Fsp3) is 0.171. The van der Waals surface area contributed by atoms with E-state index in [1.165, 1.54) is 18.2 Å². The Hall–Kier alpha value is -4.38. The minimum absolute atomic E-state index is 0.0166. The molecular formula is C35H32BrN3O5S. The second-order valence-corrected chi connectivity index (χ2v) is 14.0. The van der Waals surface area contributed by atoms with Gasteiger partial charge in [-0.2, -0.15) is 8.42 Å². The summed E-state index contributed by atoms with van der Waals surface area (Å²) in [6.07, 6.45) is 1.64. The molecule has 5 rings (SSSR count). The van der Waals surface area contributed by atoms with Crippen molar-refractivity contribution in [3.05, 3.63) is 136 Å². The van der Waals surface area contributed by atoms with Crippen LogP contribution in [0.5, 0.6) is 0 Å². The van der Waals surface area contributed by atoms with Gasteiger partial charge in [0.2, 0.25) is 11.7 Å². The molecule has 0 saturated heterocycles. The van der Waals surface area contributed by atoms with E-state index in [-0.39, 0.29) is 28.1 Å². The number of hydroxylamine groups is 1. The Labute approximate surface area is 271 Å². The average molecular weight is 687 g/mol. The first kappa shape index (κ1) is 32.0. The van der Waals surface area contributed by atoms with Crippen LogP contribution < -0.4 is 10.8 Å². The molecule has 0 saturated carbocycles. The molecule has 0 aliphatic heterocycles. The van der Waals surface area contributed by atoms with E-state index in [1.807, 2.05) is 57.2 Å². The number of hydrogen-bond donors (Lipinski definition) is 2. The smallest absolute Gasteiger partial charge is 0.317 e. The standard InChI is InChI=1S/C35H32BrN3O5S/c1-35(2,3)24-16-18-27(19-17-24)45(42,43)44-39-30-22-31(33(40)29-15-8-7-14-28(29)30)38-32(20-23-10-5-4-6-11-23)34(41)37-26-13-9-12-25(36)21-26/h4-19,21-22,32,39H,20H2,1-3H3,(H,37,41)/t32-/m1/s1. The predicted octanol–water partition coefficient (Wildman–Crippen LogP) is 6.88. The van der Waals surface area contributed by atoms with Gasteiger partial charge < -0.3 is 5.32 Å². The first-order chi connectivity index (χ1) is 21.4. The van der Waals surface area contributed by atoms with Crippen molar-refractivity contribution in [1.82, 2.24) is 5.48 Å². The number of amides is 1. The molecule has 0 unspecified atom stereocenters. The van der Waals surface area contributed by atoms with Gasteiger partial charge in [-0.15, -0.1) is 4.28 Å². The van der Waals surface area contributed by atoms with Crippen LogP contribution in [-0.2, 0) is 31.0 Å². The van der Waals surface area contributed by atoms with Crippen molar-refractivity contribution >= 4 is 54.8 Å². The number of rotatable bonds is 9. The van der Waals surface area contributed by atoms with E-state index in [1.54, 1.807) is 54.6 Å². The lowest BCUT2D eigenvalue weighted by molar-refractivity contribution is -0.117. The quantitative estimate of drug-likeness (QED) is 0.186. The monoisotopic (exact) mass is 685 g/mol. The van der Waals surface area contributed by atoms with Gasteiger partial charge in [-0.1, -0.05) is 109 Å². The second-order valence-electron chi connectivity index (χ2n) is 11.6. The number of aliphatic imine (C=N–C) groups is 1. The highest BCUT2D eigenvalue weighted by molar-refractivity contribution is 9.10. The molecule has 1 aliphatic rings. The van der Waals surface area contributed by atoms with Gasteiger partial charge in [0.25, 0.3) is 0 Å². The maximum absolute atomic E-state index is 13.6. The SMILES string of the molecule is CC(C)(C)c1ccc(S(=O)(=O)ONC2=CC(=N[C@H](Cc3ccccc3)C(=O)Nc3cccc(Br)c3)C(=O)c3ccccc32)cc1. The number of nitrogens with one attached hydrogen (secondary N) is 2. The van der Waals surface area contributed by atoms with Gasteiger partial charge in [-0.05, 0) is 52.9 Å². The summed E-state index contributed by atoms with van der Waals surface area (Å²) in [5.41, 5.74) is 5.74. The molecule has 4 aromatic carbocycles. The van der Waals surface area contributed by atoms with Crippen molar-refractivity contribution in [1.29, 1.82) is 0 Å². The Morgan fingerprint density at radius 3 is 2.22 bits per heavy atom. The summed E-state index contributed by atoms with van der Waals surface area (Å²) in [5.74, 6) is -0.804. The van der Waals surface area contributed by atoms with Crippen molar-refractivity contribution in [2.45, 2.75) is 43.5 Å². The van der Waals surface area contributed by atoms with Crippen LogP contribution in [0, 0.1) is 0 Å². The van der Waals surface area contributed by atoms with E-state index < -0.39 is 27.9 Å². The molecule has 1 atom stereocenters. The van der Waals surface area contributed by atoms with Crippen LogP contribution >= 0.6 is 15.9 Å². The first-order valence-electron chi connectivity index (χ1n) is 14.2. The fourth-order valence-corrected chi connectivity index (χ4v) is 5.94. The number of carbonyl (C=O) groups excluding carboxylic acids is 2. The molecule has 1 amide bonds. The van der Waals surface area contributed by atoms with Gasteiger partial charge in [0.1, 0.15) is 11.8 Å². The van der Waals surface area contributed by atoms with Gasteiger partial charge in [-0.25, -0.2) is 5.48 Å². The lowest BCUT2D eigenvalue weighted by Crippen LogP contribution is -2.32. The number of ketones is 1. The highest BCUT2D eigenvalue weighted by atomic mass is 79.9. The highest BCUT2D eigenvalue weighted by Gasteiger charge is 2.28. The van der Waals surface area contributed by atoms with Crippen molar-refractivity contribution in [2.24, 2.45) is 4.99 Å². The number of allylic oxidation sites excluding steroid dienone is 1. The summed E-state index contributed by atoms with van der Waals surface area (Å²) in [4.78, 5) is 31.8. The molecule has 0 spiro atoms. The van der Waals surface area contributed by atoms with Gasteiger partial charge in [-0.3, -0.25) is 14.6 Å². The van der Waals surface area contributed by atoms with Crippen LogP contribution in [0.2, 0.25) is 0 Å². The molecule has 4 aromatic rings. The van der Waals surface area contributed by atoms with Crippen molar-refractivity contribution in [3.63, 3.8) is 0 Å². The van der Waals surface area contributed by atoms with E-state index in [9.17, 15) is 18.0 Å². The largest absolute Gasteiger partial charge is 0.324 e. The fourth-order valence-electron chi connectivity index (χ4n) is 4.78. The van der Waals surface area contributed by atoms with E-state index in [4.69, 9.17) is 4.28 Å². The van der Waals surface area contributed by atoms with E-state index >= 15 is 0 Å². The van der Waals surface area contributed by atoms with Gasteiger partial charge in [0.05, 0.1) is 10.6 Å². The summed E-state index contributed by atoms with van der Waals surface area (Å²) >= 11 is 3.41. The van der Waals surface area contributed by atoms with Crippen molar-refractivity contribution in [2.75, 3.05) is 5.32 Å². The lowest BCUT2D eigenvalue weighted by atomic mass is 9.87. The molecule has 0 radical (unpaired) electrons. The molecule has 8 nitrogen and oxygen atoms in total. The van der Waals surface area contributed by atoms with Crippen LogP contribution in [0.4, 0.5) is 5.69 Å². The summed E-state index contributed by atoms with van der Waals surface area (Å²) < 4.78 is 32.3. The Morgan fingerprint density at radius 2 is 1.56 bits per heavy atom. The number of carbonyl (C=O) groups is 2. The Kier molecular flexibility index (Phi) is 9.48. The van der Waals surface area contributed by atoms with Gasteiger partial charge in [0, 0.05) is 27.7 Å². The number of nitrogens with zero attached hydrogens (tertiary/aromatic N) is 1. The Bertz CT molecular complexity index is 1900. The number of fused-ring (bicyclic) bond motifs is 1.